The molecule has 1 aromatic carbocycles. The van der Waals surface area contributed by atoms with E-state index in [1.807, 2.05) is 13.8 Å². The normalized spacial score (nSPS) is 31.2. The highest BCUT2D eigenvalue weighted by Crippen LogP contribution is 2.10. The maximum Gasteiger partial charge on any atom is 0.243 e. The van der Waals surface area contributed by atoms with Crippen molar-refractivity contribution >= 4 is 11.8 Å². The van der Waals surface area contributed by atoms with Crippen LogP contribution in [0.4, 0.5) is 0 Å². The zero-order chi connectivity index (χ0) is 14.9. The lowest BCUT2D eigenvalue weighted by Crippen LogP contribution is -2.63. The molecule has 18 heavy (non-hydrogen) atoms. The number of rotatable bonds is 3. The van der Waals surface area contributed by atoms with Gasteiger partial charge >= 0.3 is 0 Å². The number of benzene rings is 1. The summed E-state index contributed by atoms with van der Waals surface area (Å²) < 4.78 is 16.3. The van der Waals surface area contributed by atoms with Gasteiger partial charge in [0.05, 0.1) is 1.37 Å². The van der Waals surface area contributed by atoms with Crippen LogP contribution in [0.1, 0.15) is 22.2 Å². The highest BCUT2D eigenvalue weighted by Gasteiger charge is 2.34. The van der Waals surface area contributed by atoms with Crippen molar-refractivity contribution in [1.82, 2.24) is 10.6 Å². The van der Waals surface area contributed by atoms with Gasteiger partial charge in [0.15, 0.2) is 0 Å². The van der Waals surface area contributed by atoms with E-state index in [4.69, 9.17) is 2.74 Å². The molecule has 4 nitrogen and oxygen atoms in total. The molecule has 0 spiro atoms. The van der Waals surface area contributed by atoms with E-state index in [1.54, 1.807) is 30.3 Å². The predicted molar refractivity (Wildman–Crippen MR) is 68.8 cm³/mol. The van der Waals surface area contributed by atoms with Gasteiger partial charge in [-0.05, 0) is 11.5 Å². The molecule has 1 aromatic rings. The molecule has 1 saturated heterocycles. The van der Waals surface area contributed by atoms with Gasteiger partial charge < -0.3 is 10.6 Å². The largest absolute Gasteiger partial charge is 0.342 e. The van der Waals surface area contributed by atoms with Crippen molar-refractivity contribution in [3.8, 4) is 0 Å². The number of hydrogen-bond acceptors (Lipinski definition) is 2. The fourth-order valence-corrected chi connectivity index (χ4v) is 1.84. The minimum atomic E-state index is -2.00. The molecule has 0 bridgehead atoms. The number of piperazine rings is 1. The van der Waals surface area contributed by atoms with E-state index < -0.39 is 30.3 Å². The van der Waals surface area contributed by atoms with Crippen molar-refractivity contribution in [2.24, 2.45) is 5.92 Å². The Morgan fingerprint density at radius 1 is 1.22 bits per heavy atom. The van der Waals surface area contributed by atoms with Gasteiger partial charge in [-0.1, -0.05) is 44.2 Å². The van der Waals surface area contributed by atoms with E-state index in [0.717, 1.165) is 0 Å². The molecule has 0 aliphatic carbocycles. The third kappa shape index (κ3) is 2.70. The van der Waals surface area contributed by atoms with Gasteiger partial charge in [-0.2, -0.15) is 0 Å². The first kappa shape index (κ1) is 10.1. The van der Waals surface area contributed by atoms with Gasteiger partial charge in [0.1, 0.15) is 12.1 Å². The van der Waals surface area contributed by atoms with Crippen molar-refractivity contribution in [2.45, 2.75) is 32.3 Å². The quantitative estimate of drug-likeness (QED) is 0.834. The topological polar surface area (TPSA) is 58.2 Å². The van der Waals surface area contributed by atoms with E-state index in [2.05, 4.69) is 10.6 Å². The van der Waals surface area contributed by atoms with Crippen molar-refractivity contribution in [3.05, 3.63) is 35.9 Å². The molecule has 0 aromatic heterocycles. The summed E-state index contributed by atoms with van der Waals surface area (Å²) in [5.74, 6) is -1.12. The maximum absolute atomic E-state index is 12.2. The number of nitrogens with one attached hydrogen (secondary N) is 2. The highest BCUT2D eigenvalue weighted by molar-refractivity contribution is 5.97. The van der Waals surface area contributed by atoms with E-state index in [0.29, 0.717) is 5.56 Å². The first-order valence-corrected chi connectivity index (χ1v) is 5.96. The van der Waals surface area contributed by atoms with Crippen molar-refractivity contribution in [2.75, 3.05) is 0 Å². The average Bonchev–Trinajstić information content (AvgIpc) is 2.42. The van der Waals surface area contributed by atoms with E-state index in [1.165, 1.54) is 0 Å². The van der Waals surface area contributed by atoms with Crippen LogP contribution < -0.4 is 10.6 Å². The number of hydrogen-bond donors (Lipinski definition) is 2. The molecule has 96 valence electrons. The molecule has 1 aliphatic heterocycles. The lowest BCUT2D eigenvalue weighted by molar-refractivity contribution is -0.137. The summed E-state index contributed by atoms with van der Waals surface area (Å²) in [6.07, 6.45) is -1.18. The summed E-state index contributed by atoms with van der Waals surface area (Å²) in [5, 5.41) is 4.95. The molecule has 0 saturated carbocycles. The SMILES string of the molecule is [2H][C@@H](c1ccccc1)[C@]1([2H])NC(=O)[C@H](C(C)C)NC1=O. The Kier molecular flexibility index (Phi) is 2.93. The first-order chi connectivity index (χ1) is 9.36. The molecule has 1 aliphatic rings. The first-order valence-electron chi connectivity index (χ1n) is 7.04. The van der Waals surface area contributed by atoms with E-state index in [-0.39, 0.29) is 5.92 Å². The van der Waals surface area contributed by atoms with E-state index in [9.17, 15) is 9.59 Å². The Hall–Kier alpha value is -1.84. The summed E-state index contributed by atoms with van der Waals surface area (Å²) in [6, 6.07) is 5.96. The zero-order valence-electron chi connectivity index (χ0n) is 12.4. The summed E-state index contributed by atoms with van der Waals surface area (Å²) >= 11 is 0. The van der Waals surface area contributed by atoms with Crippen molar-refractivity contribution < 1.29 is 12.3 Å². The number of amides is 2. The standard InChI is InChI=1S/C14H18N2O2/c1-9(2)12-14(18)15-11(13(17)16-12)8-10-6-4-3-5-7-10/h3-7,9,11-12H,8H2,1-2H3,(H,15,18)(H,16,17)/t11-,12-/m0/s1/i8D,11D/t8-,11-,12-. The second-order valence-corrected chi connectivity index (χ2v) is 4.65. The van der Waals surface area contributed by atoms with Gasteiger partial charge in [-0.3, -0.25) is 9.59 Å². The van der Waals surface area contributed by atoms with Crippen LogP contribution in [0.25, 0.3) is 0 Å². The lowest BCUT2D eigenvalue weighted by atomic mass is 9.97. The third-order valence-corrected chi connectivity index (χ3v) is 2.85. The smallest absolute Gasteiger partial charge is 0.243 e. The molecule has 4 heteroatoms. The fourth-order valence-electron chi connectivity index (χ4n) is 1.84. The van der Waals surface area contributed by atoms with Crippen LogP contribution in [0.3, 0.4) is 0 Å². The van der Waals surface area contributed by atoms with Gasteiger partial charge in [-0.25, -0.2) is 0 Å². The number of carbonyl (C=O) groups excluding carboxylic acids is 2. The zero-order valence-corrected chi connectivity index (χ0v) is 10.4. The Labute approximate surface area is 110 Å². The van der Waals surface area contributed by atoms with Crippen molar-refractivity contribution in [1.29, 1.82) is 0 Å². The highest BCUT2D eigenvalue weighted by atomic mass is 16.2. The summed E-state index contributed by atoms with van der Waals surface area (Å²) in [5.41, 5.74) is 0.515. The Balaban J connectivity index is 2.27. The van der Waals surface area contributed by atoms with Crippen LogP contribution in [0, 0.1) is 5.92 Å². The molecule has 1 fully saturated rings. The molecule has 0 radical (unpaired) electrons. The van der Waals surface area contributed by atoms with Gasteiger partial charge in [0, 0.05) is 7.77 Å². The Morgan fingerprint density at radius 3 is 2.50 bits per heavy atom. The minimum Gasteiger partial charge on any atom is -0.342 e. The predicted octanol–water partition coefficient (Wildman–Crippen LogP) is 0.868. The molecule has 0 unspecified atom stereocenters. The lowest BCUT2D eigenvalue weighted by Gasteiger charge is -2.31. The summed E-state index contributed by atoms with van der Waals surface area (Å²) in [7, 11) is 0. The fraction of sp³-hybridized carbons (Fsp3) is 0.429. The summed E-state index contributed by atoms with van der Waals surface area (Å²) in [6.45, 7) is 3.63. The Morgan fingerprint density at radius 2 is 1.89 bits per heavy atom. The molecular formula is C14H18N2O2. The average molecular weight is 248 g/mol. The molecular weight excluding hydrogens is 228 g/mol. The molecule has 3 atom stereocenters. The van der Waals surface area contributed by atoms with Crippen LogP contribution in [0.15, 0.2) is 30.3 Å². The van der Waals surface area contributed by atoms with Crippen LogP contribution in [0.2, 0.25) is 0 Å². The van der Waals surface area contributed by atoms with Gasteiger partial charge in [0.2, 0.25) is 11.8 Å². The monoisotopic (exact) mass is 248 g/mol. The van der Waals surface area contributed by atoms with Crippen LogP contribution >= 0.6 is 0 Å². The minimum absolute atomic E-state index is 0.0654. The van der Waals surface area contributed by atoms with Gasteiger partial charge in [0.25, 0.3) is 0 Å². The van der Waals surface area contributed by atoms with Crippen LogP contribution in [-0.4, -0.2) is 23.9 Å². The van der Waals surface area contributed by atoms with Crippen LogP contribution in [-0.2, 0) is 16.0 Å². The van der Waals surface area contributed by atoms with Gasteiger partial charge in [-0.15, -0.1) is 0 Å². The Bertz CT molecular complexity index is 521. The third-order valence-electron chi connectivity index (χ3n) is 2.85. The maximum atomic E-state index is 12.2. The summed E-state index contributed by atoms with van der Waals surface area (Å²) in [4.78, 5) is 24.2. The number of carbonyl (C=O) groups is 2. The van der Waals surface area contributed by atoms with Crippen LogP contribution in [0.5, 0.6) is 0 Å². The van der Waals surface area contributed by atoms with E-state index >= 15 is 0 Å². The second-order valence-electron chi connectivity index (χ2n) is 4.65. The molecule has 2 N–H and O–H groups in total. The second kappa shape index (κ2) is 5.21. The molecule has 1 heterocycles. The molecule has 2 rings (SSSR count). The molecule has 2 amide bonds. The van der Waals surface area contributed by atoms with Crippen molar-refractivity contribution in [3.63, 3.8) is 0 Å².